The third-order valence-electron chi connectivity index (χ3n) is 2.18. The molecule has 0 spiro atoms. The largest absolute Gasteiger partial charge is 0.238 e. The van der Waals surface area contributed by atoms with E-state index >= 15 is 0 Å². The highest BCUT2D eigenvalue weighted by Crippen LogP contribution is 2.22. The summed E-state index contributed by atoms with van der Waals surface area (Å²) in [6.45, 7) is 3.53. The maximum absolute atomic E-state index is 11.0. The molecule has 2 N–H and O–H groups in total. The summed E-state index contributed by atoms with van der Waals surface area (Å²) in [5, 5.41) is 13.8. The number of primary sulfonamides is 1. The Balaban J connectivity index is 3.19. The van der Waals surface area contributed by atoms with E-state index in [9.17, 15) is 8.42 Å². The van der Waals surface area contributed by atoms with Gasteiger partial charge in [0.25, 0.3) is 0 Å². The van der Waals surface area contributed by atoms with Crippen molar-refractivity contribution < 1.29 is 8.42 Å². The fourth-order valence-corrected chi connectivity index (χ4v) is 1.64. The Hall–Kier alpha value is -1.38. The molecule has 15 heavy (non-hydrogen) atoms. The summed E-state index contributed by atoms with van der Waals surface area (Å²) in [4.78, 5) is 0.0555. The lowest BCUT2D eigenvalue weighted by atomic mass is 9.87. The first-order valence-electron chi connectivity index (χ1n) is 4.32. The van der Waals surface area contributed by atoms with Crippen LogP contribution in [0.15, 0.2) is 29.2 Å². The molecule has 0 atom stereocenters. The van der Waals surface area contributed by atoms with Gasteiger partial charge >= 0.3 is 0 Å². The average molecular weight is 224 g/mol. The molecule has 0 bridgehead atoms. The van der Waals surface area contributed by atoms with Crippen LogP contribution in [0.1, 0.15) is 19.4 Å². The minimum absolute atomic E-state index is 0.0555. The van der Waals surface area contributed by atoms with E-state index in [1.54, 1.807) is 26.0 Å². The molecule has 0 saturated heterocycles. The van der Waals surface area contributed by atoms with Crippen molar-refractivity contribution in [3.8, 4) is 6.07 Å². The smallest absolute Gasteiger partial charge is 0.225 e. The molecule has 0 saturated carbocycles. The van der Waals surface area contributed by atoms with Crippen LogP contribution in [-0.2, 0) is 15.4 Å². The first kappa shape index (κ1) is 11.7. The second-order valence-electron chi connectivity index (χ2n) is 3.81. The van der Waals surface area contributed by atoms with E-state index in [1.807, 2.05) is 0 Å². The van der Waals surface area contributed by atoms with Crippen LogP contribution >= 0.6 is 0 Å². The third-order valence-corrected chi connectivity index (χ3v) is 3.11. The molecule has 1 rings (SSSR count). The Morgan fingerprint density at radius 3 is 2.07 bits per heavy atom. The Morgan fingerprint density at radius 2 is 1.73 bits per heavy atom. The second-order valence-corrected chi connectivity index (χ2v) is 5.37. The van der Waals surface area contributed by atoms with Gasteiger partial charge in [-0.2, -0.15) is 5.26 Å². The molecular weight excluding hydrogens is 212 g/mol. The van der Waals surface area contributed by atoms with Crippen molar-refractivity contribution in [1.82, 2.24) is 0 Å². The fourth-order valence-electron chi connectivity index (χ4n) is 1.13. The first-order chi connectivity index (χ1) is 6.77. The Bertz CT molecular complexity index is 495. The molecule has 0 aliphatic heterocycles. The van der Waals surface area contributed by atoms with Crippen molar-refractivity contribution in [2.45, 2.75) is 24.2 Å². The highest BCUT2D eigenvalue weighted by Gasteiger charge is 2.20. The molecule has 4 nitrogen and oxygen atoms in total. The van der Waals surface area contributed by atoms with Crippen LogP contribution in [0, 0.1) is 11.3 Å². The van der Waals surface area contributed by atoms with Gasteiger partial charge in [0.15, 0.2) is 0 Å². The van der Waals surface area contributed by atoms with Crippen molar-refractivity contribution >= 4 is 10.0 Å². The highest BCUT2D eigenvalue weighted by atomic mass is 32.2. The third kappa shape index (κ3) is 2.55. The zero-order valence-electron chi connectivity index (χ0n) is 8.56. The van der Waals surface area contributed by atoms with Crippen LogP contribution in [0.25, 0.3) is 0 Å². The van der Waals surface area contributed by atoms with Gasteiger partial charge in [-0.25, -0.2) is 13.6 Å². The van der Waals surface area contributed by atoms with E-state index < -0.39 is 15.4 Å². The highest BCUT2D eigenvalue weighted by molar-refractivity contribution is 7.89. The molecule has 0 unspecified atom stereocenters. The number of sulfonamides is 1. The van der Waals surface area contributed by atoms with Crippen molar-refractivity contribution in [2.24, 2.45) is 5.14 Å². The van der Waals surface area contributed by atoms with Crippen LogP contribution in [0.2, 0.25) is 0 Å². The van der Waals surface area contributed by atoms with E-state index in [-0.39, 0.29) is 4.90 Å². The predicted octanol–water partition coefficient (Wildman–Crippen LogP) is 1.14. The summed E-state index contributed by atoms with van der Waals surface area (Å²) >= 11 is 0. The summed E-state index contributed by atoms with van der Waals surface area (Å²) in [6, 6.07) is 8.15. The summed E-state index contributed by atoms with van der Waals surface area (Å²) in [6.07, 6.45) is 0. The maximum Gasteiger partial charge on any atom is 0.238 e. The monoisotopic (exact) mass is 224 g/mol. The molecule has 0 aliphatic carbocycles. The number of hydrogen-bond acceptors (Lipinski definition) is 3. The summed E-state index contributed by atoms with van der Waals surface area (Å²) in [5.74, 6) is 0. The SMILES string of the molecule is CC(C)(C#N)c1ccc(S(N)(=O)=O)cc1. The molecule has 0 aliphatic rings. The number of rotatable bonds is 2. The van der Waals surface area contributed by atoms with Crippen LogP contribution in [0.3, 0.4) is 0 Å². The second kappa shape index (κ2) is 3.65. The van der Waals surface area contributed by atoms with Gasteiger partial charge in [0.1, 0.15) is 0 Å². The number of nitriles is 1. The fraction of sp³-hybridized carbons (Fsp3) is 0.300. The van der Waals surface area contributed by atoms with Crippen molar-refractivity contribution in [1.29, 1.82) is 5.26 Å². The van der Waals surface area contributed by atoms with E-state index in [4.69, 9.17) is 10.4 Å². The van der Waals surface area contributed by atoms with Crippen LogP contribution in [-0.4, -0.2) is 8.42 Å². The minimum atomic E-state index is -3.65. The van der Waals surface area contributed by atoms with Gasteiger partial charge in [-0.1, -0.05) is 12.1 Å². The molecule has 1 aromatic carbocycles. The Labute approximate surface area is 89.4 Å². The van der Waals surface area contributed by atoms with Gasteiger partial charge < -0.3 is 0 Å². The molecule has 0 aromatic heterocycles. The van der Waals surface area contributed by atoms with Gasteiger partial charge in [0.05, 0.1) is 16.4 Å². The quantitative estimate of drug-likeness (QED) is 0.817. The van der Waals surface area contributed by atoms with Crippen LogP contribution < -0.4 is 5.14 Å². The minimum Gasteiger partial charge on any atom is -0.225 e. The molecule has 0 heterocycles. The molecule has 0 amide bonds. The summed E-state index contributed by atoms with van der Waals surface area (Å²) < 4.78 is 22.0. The van der Waals surface area contributed by atoms with E-state index in [1.165, 1.54) is 12.1 Å². The normalized spacial score (nSPS) is 12.1. The lowest BCUT2D eigenvalue weighted by Crippen LogP contribution is -2.15. The topological polar surface area (TPSA) is 83.9 Å². The molecule has 80 valence electrons. The molecule has 5 heteroatoms. The molecule has 1 aromatic rings. The standard InChI is InChI=1S/C10H12N2O2S/c1-10(2,7-11)8-3-5-9(6-4-8)15(12,13)14/h3-6H,1-2H3,(H2,12,13,14). The van der Waals surface area contributed by atoms with Crippen LogP contribution in [0.5, 0.6) is 0 Å². The van der Waals surface area contributed by atoms with Gasteiger partial charge in [0, 0.05) is 0 Å². The maximum atomic E-state index is 11.0. The number of nitrogens with zero attached hydrogens (tertiary/aromatic N) is 1. The Kier molecular flexibility index (Phi) is 2.84. The van der Waals surface area contributed by atoms with Crippen molar-refractivity contribution in [3.05, 3.63) is 29.8 Å². The zero-order chi connectivity index (χ0) is 11.7. The van der Waals surface area contributed by atoms with Gasteiger partial charge in [0.2, 0.25) is 10.0 Å². The summed E-state index contributed by atoms with van der Waals surface area (Å²) in [7, 11) is -3.65. The summed E-state index contributed by atoms with van der Waals surface area (Å²) in [5.41, 5.74) is 0.133. The van der Waals surface area contributed by atoms with Gasteiger partial charge in [-0.15, -0.1) is 0 Å². The van der Waals surface area contributed by atoms with Crippen molar-refractivity contribution in [3.63, 3.8) is 0 Å². The molecule has 0 radical (unpaired) electrons. The van der Waals surface area contributed by atoms with Crippen molar-refractivity contribution in [2.75, 3.05) is 0 Å². The van der Waals surface area contributed by atoms with Gasteiger partial charge in [-0.05, 0) is 31.5 Å². The van der Waals surface area contributed by atoms with E-state index in [0.29, 0.717) is 0 Å². The zero-order valence-corrected chi connectivity index (χ0v) is 9.38. The molecule has 0 fully saturated rings. The number of benzene rings is 1. The lowest BCUT2D eigenvalue weighted by Gasteiger charge is -2.15. The predicted molar refractivity (Wildman–Crippen MR) is 56.5 cm³/mol. The van der Waals surface area contributed by atoms with E-state index in [0.717, 1.165) is 5.56 Å². The van der Waals surface area contributed by atoms with E-state index in [2.05, 4.69) is 6.07 Å². The molecular formula is C10H12N2O2S. The number of nitrogens with two attached hydrogens (primary N) is 1. The lowest BCUT2D eigenvalue weighted by molar-refractivity contribution is 0.597. The van der Waals surface area contributed by atoms with Gasteiger partial charge in [-0.3, -0.25) is 0 Å². The Morgan fingerprint density at radius 1 is 1.27 bits per heavy atom. The average Bonchev–Trinajstić information content (AvgIpc) is 2.17. The van der Waals surface area contributed by atoms with Crippen LogP contribution in [0.4, 0.5) is 0 Å². The first-order valence-corrected chi connectivity index (χ1v) is 5.86. The number of hydrogen-bond donors (Lipinski definition) is 1.